The summed E-state index contributed by atoms with van der Waals surface area (Å²) in [6.07, 6.45) is 1.67. The van der Waals surface area contributed by atoms with Gasteiger partial charge in [0.2, 0.25) is 0 Å². The second kappa shape index (κ2) is 7.81. The van der Waals surface area contributed by atoms with Crippen LogP contribution in [0.25, 0.3) is 10.9 Å². The van der Waals surface area contributed by atoms with Crippen molar-refractivity contribution in [3.63, 3.8) is 0 Å². The summed E-state index contributed by atoms with van der Waals surface area (Å²) in [6, 6.07) is 12.4. The van der Waals surface area contributed by atoms with E-state index in [1.807, 2.05) is 31.2 Å². The Labute approximate surface area is 187 Å². The highest BCUT2D eigenvalue weighted by Crippen LogP contribution is 2.39. The van der Waals surface area contributed by atoms with Crippen LogP contribution in [0.1, 0.15) is 25.0 Å². The highest BCUT2D eigenvalue weighted by molar-refractivity contribution is 8.00. The predicted molar refractivity (Wildman–Crippen MR) is 117 cm³/mol. The van der Waals surface area contributed by atoms with E-state index in [1.165, 1.54) is 29.2 Å². The van der Waals surface area contributed by atoms with Gasteiger partial charge in [0.25, 0.3) is 5.91 Å². The Morgan fingerprint density at radius 1 is 1.03 bits per heavy atom. The maximum atomic E-state index is 13.3. The molecule has 1 fully saturated rings. The van der Waals surface area contributed by atoms with Crippen molar-refractivity contribution in [2.75, 3.05) is 4.90 Å². The minimum Gasteiger partial charge on any atom is -0.305 e. The number of aryl methyl sites for hydroxylation is 1. The molecule has 0 aliphatic carbocycles. The fourth-order valence-corrected chi connectivity index (χ4v) is 4.29. The molecule has 0 bridgehead atoms. The highest BCUT2D eigenvalue weighted by Gasteiger charge is 2.51. The number of halogens is 3. The van der Waals surface area contributed by atoms with Crippen molar-refractivity contribution in [1.29, 1.82) is 0 Å². The number of pyridine rings is 1. The van der Waals surface area contributed by atoms with Crippen LogP contribution in [0.4, 0.5) is 23.7 Å². The number of alkyl halides is 3. The lowest BCUT2D eigenvalue weighted by atomic mass is 10.0. The van der Waals surface area contributed by atoms with E-state index in [2.05, 4.69) is 4.98 Å². The Morgan fingerprint density at radius 3 is 2.38 bits per heavy atom. The van der Waals surface area contributed by atoms with E-state index in [1.54, 1.807) is 20.0 Å². The van der Waals surface area contributed by atoms with Crippen molar-refractivity contribution in [2.45, 2.75) is 43.3 Å². The number of rotatable bonds is 4. The van der Waals surface area contributed by atoms with E-state index in [4.69, 9.17) is 0 Å². The van der Waals surface area contributed by atoms with E-state index in [-0.39, 0.29) is 28.9 Å². The molecule has 1 aromatic heterocycles. The molecule has 4 rings (SSSR count). The number of hydrogen-bond donors (Lipinski definition) is 0. The van der Waals surface area contributed by atoms with Gasteiger partial charge < -0.3 is 4.90 Å². The fourth-order valence-electron chi connectivity index (χ4n) is 3.75. The molecule has 3 amide bonds. The van der Waals surface area contributed by atoms with Gasteiger partial charge in [0, 0.05) is 23.0 Å². The number of thioether (sulfide) groups is 1. The lowest BCUT2D eigenvalue weighted by Crippen LogP contribution is -2.43. The zero-order valence-electron chi connectivity index (χ0n) is 17.6. The number of aromatic nitrogens is 1. The number of amides is 3. The zero-order chi connectivity index (χ0) is 23.3. The SMILES string of the molecule is Cc1ccc2c(CN3C(=O)N(c4ccc(SC(F)(F)F)cc4)C(=O)C3(C)C)ccnc2c1. The number of carbonyl (C=O) groups excluding carboxylic acids is 2. The van der Waals surface area contributed by atoms with E-state index in [0.717, 1.165) is 26.9 Å². The molecule has 1 aliphatic rings. The van der Waals surface area contributed by atoms with E-state index in [0.29, 0.717) is 0 Å². The summed E-state index contributed by atoms with van der Waals surface area (Å²) >= 11 is -0.247. The van der Waals surface area contributed by atoms with Crippen LogP contribution < -0.4 is 4.90 Å². The highest BCUT2D eigenvalue weighted by atomic mass is 32.2. The van der Waals surface area contributed by atoms with Crippen LogP contribution in [-0.2, 0) is 11.3 Å². The third-order valence-electron chi connectivity index (χ3n) is 5.47. The number of benzene rings is 2. The second-order valence-electron chi connectivity index (χ2n) is 8.10. The number of hydrogen-bond acceptors (Lipinski definition) is 4. The van der Waals surface area contributed by atoms with Crippen molar-refractivity contribution < 1.29 is 22.8 Å². The number of carbonyl (C=O) groups is 2. The van der Waals surface area contributed by atoms with Crippen LogP contribution in [-0.4, -0.2) is 32.9 Å². The molecule has 0 atom stereocenters. The summed E-state index contributed by atoms with van der Waals surface area (Å²) < 4.78 is 37.8. The van der Waals surface area contributed by atoms with Crippen molar-refractivity contribution in [2.24, 2.45) is 0 Å². The van der Waals surface area contributed by atoms with E-state index < -0.39 is 23.0 Å². The summed E-state index contributed by atoms with van der Waals surface area (Å²) in [4.78, 5) is 33.3. The van der Waals surface area contributed by atoms with Crippen molar-refractivity contribution in [3.05, 3.63) is 65.9 Å². The lowest BCUT2D eigenvalue weighted by molar-refractivity contribution is -0.123. The van der Waals surface area contributed by atoms with Crippen molar-refractivity contribution in [3.8, 4) is 0 Å². The molecule has 9 heteroatoms. The van der Waals surface area contributed by atoms with Crippen molar-refractivity contribution >= 4 is 40.3 Å². The van der Waals surface area contributed by atoms with Gasteiger partial charge in [0.05, 0.1) is 11.2 Å². The molecular weight excluding hydrogens is 439 g/mol. The van der Waals surface area contributed by atoms with Crippen LogP contribution >= 0.6 is 11.8 Å². The number of imide groups is 1. The van der Waals surface area contributed by atoms with Gasteiger partial charge in [-0.3, -0.25) is 9.78 Å². The molecule has 1 aliphatic heterocycles. The molecule has 0 spiro atoms. The largest absolute Gasteiger partial charge is 0.446 e. The zero-order valence-corrected chi connectivity index (χ0v) is 18.4. The first-order valence-corrected chi connectivity index (χ1v) is 10.7. The first kappa shape index (κ1) is 22.1. The lowest BCUT2D eigenvalue weighted by Gasteiger charge is -2.28. The Kier molecular flexibility index (Phi) is 5.40. The van der Waals surface area contributed by atoms with Crippen molar-refractivity contribution in [1.82, 2.24) is 9.88 Å². The number of nitrogens with zero attached hydrogens (tertiary/aromatic N) is 3. The quantitative estimate of drug-likeness (QED) is 0.360. The minimum atomic E-state index is -4.41. The maximum Gasteiger partial charge on any atom is 0.446 e. The van der Waals surface area contributed by atoms with Gasteiger partial charge in [0.15, 0.2) is 0 Å². The minimum absolute atomic E-state index is 0.0185. The predicted octanol–water partition coefficient (Wildman–Crippen LogP) is 5.90. The Morgan fingerprint density at radius 2 is 1.72 bits per heavy atom. The van der Waals surface area contributed by atoms with Gasteiger partial charge in [-0.15, -0.1) is 0 Å². The third kappa shape index (κ3) is 4.04. The standard InChI is InChI=1S/C23H20F3N3O2S/c1-14-4-9-18-15(10-11-27-19(18)12-14)13-28-21(31)29(20(30)22(28,2)3)16-5-7-17(8-6-16)32-23(24,25)26/h4-12H,13H2,1-3H3. The average molecular weight is 459 g/mol. The summed E-state index contributed by atoms with van der Waals surface area (Å²) in [6.45, 7) is 5.48. The normalized spacial score (nSPS) is 16.3. The summed E-state index contributed by atoms with van der Waals surface area (Å²) in [7, 11) is 0. The van der Waals surface area contributed by atoms with E-state index in [9.17, 15) is 22.8 Å². The number of anilines is 1. The molecular formula is C23H20F3N3O2S. The molecule has 1 saturated heterocycles. The maximum absolute atomic E-state index is 13.3. The number of urea groups is 1. The average Bonchev–Trinajstić information content (AvgIpc) is 2.87. The second-order valence-corrected chi connectivity index (χ2v) is 9.24. The molecule has 32 heavy (non-hydrogen) atoms. The smallest absolute Gasteiger partial charge is 0.305 e. The fraction of sp³-hybridized carbons (Fsp3) is 0.261. The first-order valence-electron chi connectivity index (χ1n) is 9.83. The molecule has 2 heterocycles. The Balaban J connectivity index is 1.65. The summed E-state index contributed by atoms with van der Waals surface area (Å²) in [5, 5.41) is 0.890. The molecule has 166 valence electrons. The van der Waals surface area contributed by atoms with Crippen LogP contribution in [0, 0.1) is 6.92 Å². The Bertz CT molecular complexity index is 1210. The molecule has 0 saturated carbocycles. The topological polar surface area (TPSA) is 53.5 Å². The molecule has 2 aromatic carbocycles. The molecule has 0 unspecified atom stereocenters. The van der Waals surface area contributed by atoms with Gasteiger partial charge in [-0.05, 0) is 80.1 Å². The van der Waals surface area contributed by atoms with Crippen LogP contribution in [0.15, 0.2) is 59.6 Å². The van der Waals surface area contributed by atoms with Crippen LogP contribution in [0.5, 0.6) is 0 Å². The van der Waals surface area contributed by atoms with Gasteiger partial charge in [-0.1, -0.05) is 12.1 Å². The monoisotopic (exact) mass is 459 g/mol. The molecule has 3 aromatic rings. The van der Waals surface area contributed by atoms with Crippen LogP contribution in [0.2, 0.25) is 0 Å². The van der Waals surface area contributed by atoms with E-state index >= 15 is 0 Å². The Hall–Kier alpha value is -3.07. The molecule has 5 nitrogen and oxygen atoms in total. The van der Waals surface area contributed by atoms with Gasteiger partial charge in [-0.25, -0.2) is 9.69 Å². The molecule has 0 radical (unpaired) electrons. The van der Waals surface area contributed by atoms with Gasteiger partial charge in [-0.2, -0.15) is 13.2 Å². The molecule has 0 N–H and O–H groups in total. The van der Waals surface area contributed by atoms with Crippen LogP contribution in [0.3, 0.4) is 0 Å². The van der Waals surface area contributed by atoms with Gasteiger partial charge >= 0.3 is 11.5 Å². The number of fused-ring (bicyclic) bond motifs is 1. The third-order valence-corrected chi connectivity index (χ3v) is 6.21. The summed E-state index contributed by atoms with van der Waals surface area (Å²) in [5.74, 6) is -0.437. The first-order chi connectivity index (χ1) is 15.0. The van der Waals surface area contributed by atoms with Gasteiger partial charge in [0.1, 0.15) is 5.54 Å². The summed E-state index contributed by atoms with van der Waals surface area (Å²) in [5.41, 5.74) is -2.59.